The minimum Gasteiger partial charge on any atom is -0.497 e. The lowest BCUT2D eigenvalue weighted by atomic mass is 9.59. The van der Waals surface area contributed by atoms with Gasteiger partial charge >= 0.3 is 24.1 Å². The predicted molar refractivity (Wildman–Crippen MR) is 286 cm³/mol. The first kappa shape index (κ1) is 61.9. The second-order valence-electron chi connectivity index (χ2n) is 23.7. The van der Waals surface area contributed by atoms with Gasteiger partial charge < -0.3 is 73.7 Å². The number of hydrogen-bond donors (Lipinski definition) is 6. The molecule has 2 aliphatic heterocycles. The molecule has 6 aliphatic rings. The van der Waals surface area contributed by atoms with Gasteiger partial charge in [0.2, 0.25) is 0 Å². The average molecular weight is 1110 g/mol. The fourth-order valence-electron chi connectivity index (χ4n) is 13.6. The summed E-state index contributed by atoms with van der Waals surface area (Å²) in [6, 6.07) is 6.00. The van der Waals surface area contributed by atoms with Crippen LogP contribution in [0.15, 0.2) is 48.6 Å². The molecule has 3 saturated carbocycles. The molecule has 442 valence electrons. The van der Waals surface area contributed by atoms with Crippen LogP contribution < -0.4 is 15.4 Å². The maximum atomic E-state index is 14.4. The molecule has 20 nitrogen and oxygen atoms in total. The van der Waals surface area contributed by atoms with E-state index in [0.29, 0.717) is 56.7 Å². The molecular formula is C59H88N2O18. The highest BCUT2D eigenvalue weighted by atomic mass is 16.8. The van der Waals surface area contributed by atoms with Crippen LogP contribution in [-0.4, -0.2) is 157 Å². The largest absolute Gasteiger partial charge is 0.497 e. The Bertz CT molecular complexity index is 2280. The van der Waals surface area contributed by atoms with Crippen molar-refractivity contribution < 1.29 is 87.0 Å². The van der Waals surface area contributed by atoms with E-state index in [0.717, 1.165) is 44.9 Å². The van der Waals surface area contributed by atoms with Crippen LogP contribution >= 0.6 is 0 Å². The summed E-state index contributed by atoms with van der Waals surface area (Å²) in [6.45, 7) is 14.9. The molecule has 0 aromatic heterocycles. The first-order valence-electron chi connectivity index (χ1n) is 28.6. The highest BCUT2D eigenvalue weighted by molar-refractivity contribution is 5.89. The van der Waals surface area contributed by atoms with E-state index >= 15 is 0 Å². The Kier molecular flexibility index (Phi) is 21.5. The van der Waals surface area contributed by atoms with E-state index in [1.54, 1.807) is 19.1 Å². The number of aliphatic hydroxyl groups excluding tert-OH is 3. The summed E-state index contributed by atoms with van der Waals surface area (Å²) in [5.74, 6) is -1.62. The second-order valence-corrected chi connectivity index (χ2v) is 23.7. The van der Waals surface area contributed by atoms with Crippen molar-refractivity contribution in [2.45, 2.75) is 198 Å². The lowest BCUT2D eigenvalue weighted by Crippen LogP contribution is -2.64. The van der Waals surface area contributed by atoms with Gasteiger partial charge in [0, 0.05) is 37.8 Å². The topological polar surface area (TPSA) is 273 Å². The van der Waals surface area contributed by atoms with Crippen molar-refractivity contribution in [1.29, 1.82) is 0 Å². The zero-order valence-corrected chi connectivity index (χ0v) is 47.3. The number of nitrogens with one attached hydrogen (secondary N) is 2. The van der Waals surface area contributed by atoms with Gasteiger partial charge in [-0.3, -0.25) is 9.59 Å². The number of carbonyl (C=O) groups is 5. The molecule has 2 amide bonds. The van der Waals surface area contributed by atoms with Crippen LogP contribution in [-0.2, 0) is 47.5 Å². The van der Waals surface area contributed by atoms with E-state index < -0.39 is 110 Å². The molecule has 9 unspecified atom stereocenters. The number of esters is 2. The maximum absolute atomic E-state index is 14.4. The Labute approximate surface area is 464 Å². The number of aliphatic hydroxyl groups is 4. The van der Waals surface area contributed by atoms with Crippen molar-refractivity contribution in [3.05, 3.63) is 54.1 Å². The van der Waals surface area contributed by atoms with Crippen LogP contribution in [0.2, 0.25) is 0 Å². The van der Waals surface area contributed by atoms with Crippen molar-refractivity contribution in [3.8, 4) is 5.75 Å². The summed E-state index contributed by atoms with van der Waals surface area (Å²) in [5.41, 5.74) is -1.25. The van der Waals surface area contributed by atoms with Crippen molar-refractivity contribution >= 4 is 29.9 Å². The maximum Gasteiger partial charge on any atom is 0.407 e. The number of alkyl carbamates (subject to hydrolysis) is 2. The molecule has 2 saturated heterocycles. The number of methoxy groups -OCH3 is 1. The molecule has 20 heteroatoms. The Morgan fingerprint density at radius 1 is 0.835 bits per heavy atom. The number of amides is 2. The van der Waals surface area contributed by atoms with Crippen molar-refractivity contribution in [3.63, 3.8) is 0 Å². The van der Waals surface area contributed by atoms with Crippen LogP contribution in [0.1, 0.15) is 142 Å². The third kappa shape index (κ3) is 14.3. The van der Waals surface area contributed by atoms with Crippen molar-refractivity contribution in [1.82, 2.24) is 10.6 Å². The van der Waals surface area contributed by atoms with E-state index in [9.17, 15) is 44.4 Å². The van der Waals surface area contributed by atoms with Gasteiger partial charge in [-0.05, 0) is 124 Å². The number of ether oxygens (including phenoxy) is 9. The molecular weight excluding hydrogens is 1020 g/mol. The average Bonchev–Trinajstić information content (AvgIpc) is 3.82. The number of carbonyl (C=O) groups excluding carboxylic acids is 5. The van der Waals surface area contributed by atoms with Gasteiger partial charge in [0.1, 0.15) is 42.1 Å². The summed E-state index contributed by atoms with van der Waals surface area (Å²) < 4.78 is 53.3. The number of allylic oxidation sites excluding steroid dienone is 1. The number of unbranched alkanes of at least 4 members (excludes halogenated alkanes) is 3. The minimum atomic E-state index is -1.75. The molecule has 0 radical (unpaired) electrons. The quantitative estimate of drug-likeness (QED) is 0.0291. The van der Waals surface area contributed by atoms with E-state index in [2.05, 4.69) is 51.0 Å². The number of hydrogen-bond acceptors (Lipinski definition) is 18. The molecule has 7 rings (SSSR count). The van der Waals surface area contributed by atoms with Crippen LogP contribution in [0.4, 0.5) is 9.59 Å². The van der Waals surface area contributed by atoms with Crippen LogP contribution in [0.3, 0.4) is 0 Å². The smallest absolute Gasteiger partial charge is 0.407 e. The number of ketones is 1. The third-order valence-electron chi connectivity index (χ3n) is 18.2. The van der Waals surface area contributed by atoms with Crippen LogP contribution in [0.25, 0.3) is 0 Å². The lowest BCUT2D eigenvalue weighted by molar-refractivity contribution is -0.345. The van der Waals surface area contributed by atoms with Crippen molar-refractivity contribution in [2.75, 3.05) is 40.0 Å². The number of rotatable bonds is 23. The standard InChI is InChI=1S/C59H88N2O18/c1-9-28-72-55(68)60-26-12-10-11-13-27-61-56(69)76-46-33-74-53(50(48(46)66)78-52(67)37-16-19-42(71-8)20-17-37)79-49-45(65)32-73-54(51(49)75-36(5)62)77-47-31-43-38-15-18-39-30-41(63)23-24-57(39,6)40(29-38)22-25-58(43,7)59(47,70)35(4)44(64)21-14-34(2)3/h9,16-20,34-35,38,40-41,43,45-51,53-54,63,65-66,70H,1,10-15,21-33H2,2-8H3,(H,60,68)(H,61,69)/t35-,38-,40?,41+,43+,45?,46?,47+,48?,49?,50?,51?,53?,54?,57+,58+,59-/m1/s1. The normalized spacial score (nSPS) is 35.4. The summed E-state index contributed by atoms with van der Waals surface area (Å²) in [4.78, 5) is 66.0. The molecule has 2 bridgehead atoms. The van der Waals surface area contributed by atoms with Crippen LogP contribution in [0, 0.1) is 40.4 Å². The molecule has 0 spiro atoms. The molecule has 6 N–H and O–H groups in total. The second kappa shape index (κ2) is 27.4. The molecule has 17 atom stereocenters. The Hall–Kier alpha value is -4.67. The van der Waals surface area contributed by atoms with Gasteiger partial charge in [-0.15, -0.1) is 0 Å². The van der Waals surface area contributed by atoms with Gasteiger partial charge in [0.25, 0.3) is 0 Å². The highest BCUT2D eigenvalue weighted by Crippen LogP contribution is 2.66. The highest BCUT2D eigenvalue weighted by Gasteiger charge is 2.69. The lowest BCUT2D eigenvalue weighted by Gasteiger charge is -2.50. The molecule has 79 heavy (non-hydrogen) atoms. The minimum absolute atomic E-state index is 0.0709. The summed E-state index contributed by atoms with van der Waals surface area (Å²) >= 11 is 0. The summed E-state index contributed by atoms with van der Waals surface area (Å²) in [6.07, 6.45) is -2.17. The Morgan fingerprint density at radius 3 is 2.19 bits per heavy atom. The van der Waals surface area contributed by atoms with E-state index in [1.807, 2.05) is 0 Å². The first-order chi connectivity index (χ1) is 37.6. The van der Waals surface area contributed by atoms with E-state index in [4.69, 9.17) is 42.6 Å². The zero-order chi connectivity index (χ0) is 57.2. The predicted octanol–water partition coefficient (Wildman–Crippen LogP) is 6.62. The number of Topliss-reactive ketones (excluding diaryl/α,β-unsaturated/α-hetero) is 1. The summed E-state index contributed by atoms with van der Waals surface area (Å²) in [5, 5.41) is 53.4. The Balaban J connectivity index is 1.10. The van der Waals surface area contributed by atoms with Gasteiger partial charge in [-0.1, -0.05) is 71.8 Å². The third-order valence-corrected chi connectivity index (χ3v) is 18.2. The van der Waals surface area contributed by atoms with E-state index in [1.165, 1.54) is 37.8 Å². The van der Waals surface area contributed by atoms with Crippen molar-refractivity contribution in [2.24, 2.45) is 40.4 Å². The summed E-state index contributed by atoms with van der Waals surface area (Å²) in [7, 11) is 1.47. The van der Waals surface area contributed by atoms with Gasteiger partial charge in [-0.25, -0.2) is 14.4 Å². The fraction of sp³-hybridized carbons (Fsp3) is 0.746. The van der Waals surface area contributed by atoms with Gasteiger partial charge in [0.05, 0.1) is 38.1 Å². The first-order valence-corrected chi connectivity index (χ1v) is 28.6. The molecule has 1 aromatic carbocycles. The molecule has 2 heterocycles. The molecule has 4 aliphatic carbocycles. The Morgan fingerprint density at radius 2 is 1.52 bits per heavy atom. The van der Waals surface area contributed by atoms with E-state index in [-0.39, 0.29) is 60.2 Å². The van der Waals surface area contributed by atoms with Crippen LogP contribution in [0.5, 0.6) is 5.75 Å². The number of fused-ring (bicyclic) bond motifs is 6. The molecule has 5 fully saturated rings. The number of benzene rings is 1. The SMILES string of the molecule is C=CCOC(=O)NCCCCCCNC(=O)OC1COC(OC2C(O)COC(O[C@H]3C[C@H]4[C@@H]5CC=C6C[C@@H](O)CC[C@]6(C)C(CC[C@]4(C)[C@@]3(O)[C@H](C)C(=O)CCC(C)C)C5)C2OC(C)=O)C(OC(=O)c2ccc(OC)cc2)C1O. The monoisotopic (exact) mass is 1110 g/mol. The zero-order valence-electron chi connectivity index (χ0n) is 47.3. The van der Waals surface area contributed by atoms with Gasteiger partial charge in [-0.2, -0.15) is 0 Å². The molecule has 1 aromatic rings. The van der Waals surface area contributed by atoms with Gasteiger partial charge in [0.15, 0.2) is 30.9 Å². The fourth-order valence-corrected chi connectivity index (χ4v) is 13.6.